The molecule has 0 aliphatic heterocycles. The third-order valence-electron chi connectivity index (χ3n) is 4.44. The number of hydrogen-bond acceptors (Lipinski definition) is 5. The average Bonchev–Trinajstić information content (AvgIpc) is 3.29. The summed E-state index contributed by atoms with van der Waals surface area (Å²) in [6.45, 7) is 5.61. The number of aromatic nitrogens is 3. The fourth-order valence-corrected chi connectivity index (χ4v) is 4.47. The molecule has 146 valence electrons. The van der Waals surface area contributed by atoms with Gasteiger partial charge in [0.05, 0.1) is 32.9 Å². The number of fused-ring (bicyclic) bond motifs is 1. The fourth-order valence-electron chi connectivity index (χ4n) is 3.10. The molecule has 1 aromatic carbocycles. The van der Waals surface area contributed by atoms with Crippen molar-refractivity contribution in [2.24, 2.45) is 5.10 Å². The van der Waals surface area contributed by atoms with Crippen LogP contribution in [0.2, 0.25) is 0 Å². The van der Waals surface area contributed by atoms with Crippen LogP contribution in [0, 0.1) is 13.8 Å². The summed E-state index contributed by atoms with van der Waals surface area (Å²) in [6.07, 6.45) is 0. The highest BCUT2D eigenvalue weighted by molar-refractivity contribution is 9.10. The highest BCUT2D eigenvalue weighted by atomic mass is 79.9. The molecule has 4 rings (SSSR count). The number of pyridine rings is 1. The second-order valence-electron chi connectivity index (χ2n) is 6.61. The maximum atomic E-state index is 13.0. The van der Waals surface area contributed by atoms with Crippen molar-refractivity contribution in [3.05, 3.63) is 74.1 Å². The number of hydrazone groups is 1. The zero-order chi connectivity index (χ0) is 20.5. The second kappa shape index (κ2) is 7.88. The molecule has 0 bridgehead atoms. The number of carbonyl (C=O) groups excluding carboxylic acids is 1. The Bertz CT molecular complexity index is 1240. The Labute approximate surface area is 180 Å². The second-order valence-corrected chi connectivity index (χ2v) is 8.44. The summed E-state index contributed by atoms with van der Waals surface area (Å²) in [5.74, 6) is -0.286. The van der Waals surface area contributed by atoms with Crippen molar-refractivity contribution in [2.75, 3.05) is 0 Å². The highest BCUT2D eigenvalue weighted by Gasteiger charge is 2.19. The minimum atomic E-state index is -0.286. The van der Waals surface area contributed by atoms with E-state index in [4.69, 9.17) is 0 Å². The van der Waals surface area contributed by atoms with Crippen LogP contribution in [-0.4, -0.2) is 26.4 Å². The topological polar surface area (TPSA) is 72.2 Å². The Kier molecular flexibility index (Phi) is 5.29. The van der Waals surface area contributed by atoms with E-state index >= 15 is 0 Å². The van der Waals surface area contributed by atoms with E-state index in [1.807, 2.05) is 62.5 Å². The van der Waals surface area contributed by atoms with Gasteiger partial charge in [-0.2, -0.15) is 10.2 Å². The number of aryl methyl sites for hydroxylation is 2. The summed E-state index contributed by atoms with van der Waals surface area (Å²) < 4.78 is 2.76. The molecule has 1 amide bonds. The van der Waals surface area contributed by atoms with E-state index in [2.05, 4.69) is 36.5 Å². The molecule has 0 aliphatic carbocycles. The molecular formula is C21H18BrN5OS. The fraction of sp³-hybridized carbons (Fsp3) is 0.143. The van der Waals surface area contributed by atoms with Crippen molar-refractivity contribution in [3.8, 4) is 5.69 Å². The van der Waals surface area contributed by atoms with E-state index in [0.29, 0.717) is 11.2 Å². The molecule has 4 aromatic rings. The predicted molar refractivity (Wildman–Crippen MR) is 120 cm³/mol. The molecule has 0 radical (unpaired) electrons. The number of halogens is 1. The van der Waals surface area contributed by atoms with Crippen LogP contribution in [-0.2, 0) is 0 Å². The monoisotopic (exact) mass is 467 g/mol. The largest absolute Gasteiger partial charge is 0.272 e. The standard InChI is InChI=1S/C21H18BrN5OS/c1-12-9-17(21(28)25-24-13(2)18-10-15(22)11-29-18)19-14(3)26-27(20(19)23-12)16-7-5-4-6-8-16/h4-11H,1-3H3,(H,25,28)/b24-13+. The van der Waals surface area contributed by atoms with Crippen LogP contribution in [0.1, 0.15) is 33.5 Å². The van der Waals surface area contributed by atoms with Crippen molar-refractivity contribution >= 4 is 49.9 Å². The van der Waals surface area contributed by atoms with E-state index in [1.165, 1.54) is 0 Å². The Hall–Kier alpha value is -2.84. The van der Waals surface area contributed by atoms with E-state index < -0.39 is 0 Å². The maximum Gasteiger partial charge on any atom is 0.272 e. The normalized spacial score (nSPS) is 11.8. The van der Waals surface area contributed by atoms with Crippen molar-refractivity contribution in [1.29, 1.82) is 0 Å². The molecular weight excluding hydrogens is 450 g/mol. The van der Waals surface area contributed by atoms with Gasteiger partial charge in [0, 0.05) is 15.5 Å². The van der Waals surface area contributed by atoms with Crippen LogP contribution >= 0.6 is 27.3 Å². The zero-order valence-electron chi connectivity index (χ0n) is 16.1. The van der Waals surface area contributed by atoms with Gasteiger partial charge >= 0.3 is 0 Å². The zero-order valence-corrected chi connectivity index (χ0v) is 18.5. The van der Waals surface area contributed by atoms with E-state index in [1.54, 1.807) is 22.1 Å². The van der Waals surface area contributed by atoms with Crippen LogP contribution in [0.15, 0.2) is 57.4 Å². The summed E-state index contributed by atoms with van der Waals surface area (Å²) in [4.78, 5) is 18.6. The molecule has 0 spiro atoms. The lowest BCUT2D eigenvalue weighted by molar-refractivity contribution is 0.0956. The molecule has 0 saturated heterocycles. The molecule has 0 aliphatic rings. The highest BCUT2D eigenvalue weighted by Crippen LogP contribution is 2.25. The van der Waals surface area contributed by atoms with Crippen LogP contribution in [0.25, 0.3) is 16.7 Å². The first-order valence-corrected chi connectivity index (χ1v) is 10.6. The molecule has 3 heterocycles. The molecule has 6 nitrogen and oxygen atoms in total. The summed E-state index contributed by atoms with van der Waals surface area (Å²) in [5, 5.41) is 11.6. The minimum Gasteiger partial charge on any atom is -0.267 e. The third-order valence-corrected chi connectivity index (χ3v) is 6.24. The van der Waals surface area contributed by atoms with Crippen LogP contribution < -0.4 is 5.43 Å². The minimum absolute atomic E-state index is 0.286. The van der Waals surface area contributed by atoms with Crippen LogP contribution in [0.3, 0.4) is 0 Å². The Morgan fingerprint density at radius 1 is 1.21 bits per heavy atom. The van der Waals surface area contributed by atoms with Crippen molar-refractivity contribution in [3.63, 3.8) is 0 Å². The SMILES string of the molecule is C/C(=N\NC(=O)c1cc(C)nc2c1c(C)nn2-c1ccccc1)c1cc(Br)cs1. The number of rotatable bonds is 4. The van der Waals surface area contributed by atoms with Crippen molar-refractivity contribution in [2.45, 2.75) is 20.8 Å². The van der Waals surface area contributed by atoms with Gasteiger partial charge in [0.2, 0.25) is 0 Å². The number of nitrogens with one attached hydrogen (secondary N) is 1. The van der Waals surface area contributed by atoms with Crippen LogP contribution in [0.4, 0.5) is 0 Å². The Morgan fingerprint density at radius 2 is 1.97 bits per heavy atom. The van der Waals surface area contributed by atoms with E-state index in [0.717, 1.165) is 37.5 Å². The van der Waals surface area contributed by atoms with Gasteiger partial charge in [0.25, 0.3) is 5.91 Å². The molecule has 0 atom stereocenters. The number of benzene rings is 1. The molecule has 29 heavy (non-hydrogen) atoms. The summed E-state index contributed by atoms with van der Waals surface area (Å²) >= 11 is 4.99. The third kappa shape index (κ3) is 3.86. The van der Waals surface area contributed by atoms with Gasteiger partial charge < -0.3 is 0 Å². The number of thiophene rings is 1. The smallest absolute Gasteiger partial charge is 0.267 e. The van der Waals surface area contributed by atoms with E-state index in [9.17, 15) is 4.79 Å². The summed E-state index contributed by atoms with van der Waals surface area (Å²) in [5.41, 5.74) is 6.96. The van der Waals surface area contributed by atoms with Gasteiger partial charge in [-0.25, -0.2) is 15.1 Å². The Balaban J connectivity index is 1.74. The summed E-state index contributed by atoms with van der Waals surface area (Å²) in [6, 6.07) is 13.5. The van der Waals surface area contributed by atoms with Gasteiger partial charge in [-0.15, -0.1) is 11.3 Å². The molecule has 3 aromatic heterocycles. The number of nitrogens with zero attached hydrogens (tertiary/aromatic N) is 4. The number of hydrogen-bond donors (Lipinski definition) is 1. The van der Waals surface area contributed by atoms with Gasteiger partial charge in [-0.3, -0.25) is 4.79 Å². The molecule has 0 unspecified atom stereocenters. The van der Waals surface area contributed by atoms with Gasteiger partial charge in [-0.05, 0) is 61.0 Å². The van der Waals surface area contributed by atoms with Crippen LogP contribution in [0.5, 0.6) is 0 Å². The number of para-hydroxylation sites is 1. The molecule has 0 fully saturated rings. The van der Waals surface area contributed by atoms with Gasteiger partial charge in [-0.1, -0.05) is 18.2 Å². The first kappa shape index (κ1) is 19.5. The lowest BCUT2D eigenvalue weighted by atomic mass is 10.1. The number of carbonyl (C=O) groups is 1. The van der Waals surface area contributed by atoms with Crippen molar-refractivity contribution < 1.29 is 4.79 Å². The van der Waals surface area contributed by atoms with E-state index in [-0.39, 0.29) is 5.91 Å². The first-order chi connectivity index (χ1) is 13.9. The molecule has 8 heteroatoms. The first-order valence-electron chi connectivity index (χ1n) is 8.95. The summed E-state index contributed by atoms with van der Waals surface area (Å²) in [7, 11) is 0. The molecule has 1 N–H and O–H groups in total. The maximum absolute atomic E-state index is 13.0. The lowest BCUT2D eigenvalue weighted by Crippen LogP contribution is -2.20. The average molecular weight is 468 g/mol. The molecule has 0 saturated carbocycles. The van der Waals surface area contributed by atoms with Gasteiger partial charge in [0.15, 0.2) is 5.65 Å². The van der Waals surface area contributed by atoms with Gasteiger partial charge in [0.1, 0.15) is 0 Å². The number of amides is 1. The quantitative estimate of drug-likeness (QED) is 0.338. The Morgan fingerprint density at radius 3 is 2.66 bits per heavy atom. The predicted octanol–water partition coefficient (Wildman–Crippen LogP) is 5.02. The lowest BCUT2D eigenvalue weighted by Gasteiger charge is -2.07. The van der Waals surface area contributed by atoms with Crippen molar-refractivity contribution in [1.82, 2.24) is 20.2 Å².